The molecular formula is C16H24N2O4S2. The van der Waals surface area contributed by atoms with Gasteiger partial charge < -0.3 is 20.1 Å². The highest BCUT2D eigenvalue weighted by atomic mass is 32.2. The molecule has 1 fully saturated rings. The lowest BCUT2D eigenvalue weighted by molar-refractivity contribution is -0.117. The number of thioether (sulfide) groups is 2. The van der Waals surface area contributed by atoms with E-state index in [-0.39, 0.29) is 18.2 Å². The van der Waals surface area contributed by atoms with Crippen molar-refractivity contribution in [3.05, 3.63) is 22.7 Å². The Kier molecular flexibility index (Phi) is 7.84. The number of nitrogens with one attached hydrogen (secondary N) is 2. The highest BCUT2D eigenvalue weighted by molar-refractivity contribution is 7.98. The van der Waals surface area contributed by atoms with Gasteiger partial charge in [-0.2, -0.15) is 23.5 Å². The Morgan fingerprint density at radius 3 is 1.79 bits per heavy atom. The molecule has 1 heterocycles. The molecule has 0 aromatic heterocycles. The lowest BCUT2D eigenvalue weighted by Gasteiger charge is -2.09. The first kappa shape index (κ1) is 19.1. The van der Waals surface area contributed by atoms with E-state index in [1.807, 2.05) is 12.5 Å². The van der Waals surface area contributed by atoms with Crippen molar-refractivity contribution in [3.63, 3.8) is 0 Å². The minimum Gasteiger partial charge on any atom is -0.489 e. The number of ether oxygens (including phenoxy) is 2. The predicted octanol–water partition coefficient (Wildman–Crippen LogP) is 1.29. The Labute approximate surface area is 151 Å². The van der Waals surface area contributed by atoms with Crippen LogP contribution in [-0.4, -0.2) is 62.1 Å². The minimum absolute atomic E-state index is 0.186. The molecule has 0 saturated carbocycles. The number of fused-ring (bicyclic) bond motifs is 1. The maximum absolute atomic E-state index is 12.4. The molecule has 24 heavy (non-hydrogen) atoms. The van der Waals surface area contributed by atoms with Crippen LogP contribution in [0.25, 0.3) is 0 Å². The van der Waals surface area contributed by atoms with E-state index in [0.717, 1.165) is 17.9 Å². The third-order valence-corrected chi connectivity index (χ3v) is 4.85. The van der Waals surface area contributed by atoms with E-state index < -0.39 is 0 Å². The molecule has 0 radical (unpaired) electrons. The van der Waals surface area contributed by atoms with Crippen molar-refractivity contribution >= 4 is 35.3 Å². The van der Waals surface area contributed by atoms with E-state index in [9.17, 15) is 9.59 Å². The fourth-order valence-corrected chi connectivity index (χ4v) is 3.05. The molecule has 2 N–H and O–H groups in total. The molecule has 1 aliphatic carbocycles. The molecule has 8 heteroatoms. The smallest absolute Gasteiger partial charge is 0.251 e. The fourth-order valence-electron chi connectivity index (χ4n) is 2.44. The van der Waals surface area contributed by atoms with Gasteiger partial charge in [0.25, 0.3) is 11.8 Å². The van der Waals surface area contributed by atoms with E-state index in [4.69, 9.17) is 9.47 Å². The highest BCUT2D eigenvalue weighted by Gasteiger charge is 2.35. The minimum atomic E-state index is -0.186. The maximum Gasteiger partial charge on any atom is 0.251 e. The molecule has 2 amide bonds. The van der Waals surface area contributed by atoms with Crippen LogP contribution in [0.2, 0.25) is 0 Å². The fraction of sp³-hybridized carbons (Fsp3) is 0.625. The lowest BCUT2D eigenvalue weighted by Crippen LogP contribution is -2.29. The third kappa shape index (κ3) is 4.86. The summed E-state index contributed by atoms with van der Waals surface area (Å²) in [4.78, 5) is 24.9. The second kappa shape index (κ2) is 9.88. The molecule has 1 aliphatic heterocycles. The summed E-state index contributed by atoms with van der Waals surface area (Å²) in [6.07, 6.45) is 4.96. The number of rotatable bonds is 8. The zero-order chi connectivity index (χ0) is 17.4. The topological polar surface area (TPSA) is 76.7 Å². The van der Waals surface area contributed by atoms with E-state index in [0.29, 0.717) is 49.0 Å². The average Bonchev–Trinajstić information content (AvgIpc) is 2.77. The van der Waals surface area contributed by atoms with Crippen molar-refractivity contribution in [2.75, 3.05) is 50.3 Å². The zero-order valence-electron chi connectivity index (χ0n) is 14.1. The molecule has 1 saturated heterocycles. The van der Waals surface area contributed by atoms with Crippen LogP contribution in [0.15, 0.2) is 22.7 Å². The van der Waals surface area contributed by atoms with Crippen LogP contribution in [-0.2, 0) is 19.1 Å². The van der Waals surface area contributed by atoms with Gasteiger partial charge in [-0.05, 0) is 12.5 Å². The summed E-state index contributed by atoms with van der Waals surface area (Å²) in [5.74, 6) is 2.18. The van der Waals surface area contributed by atoms with Gasteiger partial charge in [-0.1, -0.05) is 0 Å². The van der Waals surface area contributed by atoms with Gasteiger partial charge in [-0.3, -0.25) is 9.59 Å². The van der Waals surface area contributed by atoms with Crippen LogP contribution >= 0.6 is 23.5 Å². The Balaban J connectivity index is 2.12. The first-order valence-corrected chi connectivity index (χ1v) is 10.7. The standard InChI is InChI=1S/C16H24N2O4S2/c1-23-8-4-17-15(19)11-10-12(16(20)18-5-9-24-2)14-13(11)21-6-3-7-22-14/h3-10H2,1-2H3,(H,17,19)(H,18,20). The molecule has 0 bridgehead atoms. The van der Waals surface area contributed by atoms with Crippen molar-refractivity contribution < 1.29 is 19.1 Å². The van der Waals surface area contributed by atoms with Gasteiger partial charge in [0.2, 0.25) is 0 Å². The molecule has 0 spiro atoms. The number of hydrogen-bond donors (Lipinski definition) is 2. The van der Waals surface area contributed by atoms with E-state index in [1.54, 1.807) is 23.5 Å². The second-order valence-corrected chi connectivity index (χ2v) is 7.31. The number of hydrogen-bond acceptors (Lipinski definition) is 6. The van der Waals surface area contributed by atoms with Gasteiger partial charge in [0.15, 0.2) is 11.5 Å². The Morgan fingerprint density at radius 2 is 1.38 bits per heavy atom. The number of amides is 2. The summed E-state index contributed by atoms with van der Waals surface area (Å²) in [5.41, 5.74) is 0.978. The van der Waals surface area contributed by atoms with Crippen LogP contribution in [0.4, 0.5) is 0 Å². The first-order chi connectivity index (χ1) is 11.7. The molecule has 134 valence electrons. The molecule has 0 unspecified atom stereocenters. The van der Waals surface area contributed by atoms with Gasteiger partial charge in [0.1, 0.15) is 0 Å². The molecule has 0 atom stereocenters. The molecule has 2 rings (SSSR count). The SMILES string of the molecule is CSCCNC(=O)C1=C2OCCCOC2=C(C(=O)NCCSC)C1. The van der Waals surface area contributed by atoms with Crippen LogP contribution in [0.1, 0.15) is 12.8 Å². The Bertz CT molecular complexity index is 500. The Hall–Kier alpha value is -1.28. The molecule has 0 aromatic rings. The monoisotopic (exact) mass is 372 g/mol. The van der Waals surface area contributed by atoms with Gasteiger partial charge in [-0.15, -0.1) is 0 Å². The van der Waals surface area contributed by atoms with Gasteiger partial charge >= 0.3 is 0 Å². The zero-order valence-corrected chi connectivity index (χ0v) is 15.7. The lowest BCUT2D eigenvalue weighted by atomic mass is 10.1. The maximum atomic E-state index is 12.4. The second-order valence-electron chi connectivity index (χ2n) is 5.34. The molecule has 0 aromatic carbocycles. The van der Waals surface area contributed by atoms with Crippen LogP contribution in [0.5, 0.6) is 0 Å². The van der Waals surface area contributed by atoms with Crippen LogP contribution in [0.3, 0.4) is 0 Å². The number of carbonyl (C=O) groups is 2. The quantitative estimate of drug-likeness (QED) is 0.626. The molecule has 2 aliphatic rings. The molecule has 6 nitrogen and oxygen atoms in total. The van der Waals surface area contributed by atoms with Crippen molar-refractivity contribution in [3.8, 4) is 0 Å². The van der Waals surface area contributed by atoms with Crippen molar-refractivity contribution in [2.45, 2.75) is 12.8 Å². The average molecular weight is 373 g/mol. The summed E-state index contributed by atoms with van der Waals surface area (Å²) < 4.78 is 11.4. The van der Waals surface area contributed by atoms with Crippen molar-refractivity contribution in [1.29, 1.82) is 0 Å². The van der Waals surface area contributed by atoms with Gasteiger partial charge in [0, 0.05) is 37.4 Å². The van der Waals surface area contributed by atoms with Gasteiger partial charge in [0.05, 0.1) is 24.4 Å². The Morgan fingerprint density at radius 1 is 0.917 bits per heavy atom. The largest absolute Gasteiger partial charge is 0.489 e. The third-order valence-electron chi connectivity index (χ3n) is 3.62. The van der Waals surface area contributed by atoms with Gasteiger partial charge in [-0.25, -0.2) is 0 Å². The van der Waals surface area contributed by atoms with Crippen molar-refractivity contribution in [1.82, 2.24) is 10.6 Å². The van der Waals surface area contributed by atoms with Crippen LogP contribution in [0, 0.1) is 0 Å². The summed E-state index contributed by atoms with van der Waals surface area (Å²) in [7, 11) is 0. The van der Waals surface area contributed by atoms with E-state index >= 15 is 0 Å². The summed E-state index contributed by atoms with van der Waals surface area (Å²) in [6.45, 7) is 2.15. The normalized spacial score (nSPS) is 16.9. The van der Waals surface area contributed by atoms with Crippen LogP contribution < -0.4 is 10.6 Å². The first-order valence-electron chi connectivity index (χ1n) is 7.95. The summed E-state index contributed by atoms with van der Waals surface area (Å²) in [6, 6.07) is 0. The molecular weight excluding hydrogens is 348 g/mol. The van der Waals surface area contributed by atoms with Crippen molar-refractivity contribution in [2.24, 2.45) is 0 Å². The van der Waals surface area contributed by atoms with E-state index in [2.05, 4.69) is 10.6 Å². The highest BCUT2D eigenvalue weighted by Crippen LogP contribution is 2.35. The predicted molar refractivity (Wildman–Crippen MR) is 98.0 cm³/mol. The summed E-state index contributed by atoms with van der Waals surface area (Å²) in [5, 5.41) is 5.75. The summed E-state index contributed by atoms with van der Waals surface area (Å²) >= 11 is 3.33. The number of carbonyl (C=O) groups excluding carboxylic acids is 2. The van der Waals surface area contributed by atoms with E-state index in [1.165, 1.54) is 0 Å².